The molecule has 0 radical (unpaired) electrons. The summed E-state index contributed by atoms with van der Waals surface area (Å²) in [4.78, 5) is 0. The summed E-state index contributed by atoms with van der Waals surface area (Å²) in [5.74, 6) is 0. The maximum atomic E-state index is 5.22. The molecule has 2 heteroatoms. The monoisotopic (exact) mass is 174 g/mol. The van der Waals surface area contributed by atoms with Crippen LogP contribution in [-0.4, -0.2) is 6.61 Å². The molecule has 2 heterocycles. The normalized spacial score (nSPS) is 25.2. The standard InChI is InChI=1S/C11H10O2/c1-2-4-11(5-7-13-9-11)10-3-6-12-8-10/h3-8H,1,9H2. The van der Waals surface area contributed by atoms with E-state index in [1.165, 1.54) is 0 Å². The molecular formula is C11H10O2. The van der Waals surface area contributed by atoms with E-state index >= 15 is 0 Å². The minimum absolute atomic E-state index is 0.227. The molecule has 66 valence electrons. The fraction of sp³-hybridized carbons (Fsp3) is 0.182. The lowest BCUT2D eigenvalue weighted by Crippen LogP contribution is -2.21. The van der Waals surface area contributed by atoms with Gasteiger partial charge >= 0.3 is 0 Å². The fourth-order valence-corrected chi connectivity index (χ4v) is 1.47. The van der Waals surface area contributed by atoms with Crippen molar-refractivity contribution in [3.8, 4) is 0 Å². The van der Waals surface area contributed by atoms with Crippen molar-refractivity contribution in [3.05, 3.63) is 54.9 Å². The van der Waals surface area contributed by atoms with Crippen LogP contribution in [0.5, 0.6) is 0 Å². The molecule has 1 aromatic heterocycles. The second kappa shape index (κ2) is 3.00. The lowest BCUT2D eigenvalue weighted by molar-refractivity contribution is 0.248. The molecule has 0 aromatic carbocycles. The maximum absolute atomic E-state index is 5.22. The molecule has 1 unspecified atom stereocenters. The van der Waals surface area contributed by atoms with E-state index in [0.29, 0.717) is 6.61 Å². The van der Waals surface area contributed by atoms with Crippen molar-refractivity contribution in [2.75, 3.05) is 6.61 Å². The van der Waals surface area contributed by atoms with E-state index in [1.54, 1.807) is 18.8 Å². The zero-order chi connectivity index (χ0) is 9.15. The summed E-state index contributed by atoms with van der Waals surface area (Å²) in [7, 11) is 0. The minimum atomic E-state index is -0.227. The molecule has 13 heavy (non-hydrogen) atoms. The van der Waals surface area contributed by atoms with E-state index in [2.05, 4.69) is 12.3 Å². The largest absolute Gasteiger partial charge is 0.500 e. The predicted octanol–water partition coefficient (Wildman–Crippen LogP) is 2.40. The second-order valence-electron chi connectivity index (χ2n) is 3.01. The van der Waals surface area contributed by atoms with Crippen LogP contribution < -0.4 is 0 Å². The lowest BCUT2D eigenvalue weighted by Gasteiger charge is -2.18. The van der Waals surface area contributed by atoms with E-state index in [0.717, 1.165) is 5.56 Å². The fourth-order valence-electron chi connectivity index (χ4n) is 1.47. The molecule has 1 aliphatic rings. The molecule has 0 amide bonds. The van der Waals surface area contributed by atoms with Crippen molar-refractivity contribution < 1.29 is 9.15 Å². The highest BCUT2D eigenvalue weighted by molar-refractivity contribution is 5.36. The van der Waals surface area contributed by atoms with Crippen LogP contribution in [0.1, 0.15) is 5.56 Å². The molecule has 2 nitrogen and oxygen atoms in total. The van der Waals surface area contributed by atoms with Crippen LogP contribution in [0, 0.1) is 0 Å². The first-order valence-electron chi connectivity index (χ1n) is 4.06. The summed E-state index contributed by atoms with van der Waals surface area (Å²) >= 11 is 0. The van der Waals surface area contributed by atoms with Crippen molar-refractivity contribution in [3.63, 3.8) is 0 Å². The summed E-state index contributed by atoms with van der Waals surface area (Å²) in [6, 6.07) is 1.92. The Balaban J connectivity index is 2.45. The van der Waals surface area contributed by atoms with E-state index in [4.69, 9.17) is 9.15 Å². The maximum Gasteiger partial charge on any atom is 0.105 e. The number of ether oxygens (including phenoxy) is 1. The molecule has 0 bridgehead atoms. The first-order valence-corrected chi connectivity index (χ1v) is 4.06. The smallest absolute Gasteiger partial charge is 0.105 e. The SMILES string of the molecule is C=C=CC1(c2ccoc2)C=COC1. The molecule has 0 saturated heterocycles. The van der Waals surface area contributed by atoms with Gasteiger partial charge in [-0.25, -0.2) is 0 Å². The van der Waals surface area contributed by atoms with E-state index in [9.17, 15) is 0 Å². The molecule has 0 fully saturated rings. The van der Waals surface area contributed by atoms with Gasteiger partial charge in [0.25, 0.3) is 0 Å². The van der Waals surface area contributed by atoms with Gasteiger partial charge in [-0.3, -0.25) is 0 Å². The van der Waals surface area contributed by atoms with Gasteiger partial charge in [0.2, 0.25) is 0 Å². The number of hydrogen-bond donors (Lipinski definition) is 0. The highest BCUT2D eigenvalue weighted by Gasteiger charge is 2.31. The van der Waals surface area contributed by atoms with Crippen molar-refractivity contribution in [2.24, 2.45) is 0 Å². The Bertz CT molecular complexity index is 355. The molecule has 0 aliphatic carbocycles. The van der Waals surface area contributed by atoms with Gasteiger partial charge in [0.1, 0.15) is 6.61 Å². The molecule has 1 aliphatic heterocycles. The molecule has 1 atom stereocenters. The van der Waals surface area contributed by atoms with Crippen LogP contribution in [0.15, 0.2) is 53.7 Å². The Morgan fingerprint density at radius 1 is 1.62 bits per heavy atom. The van der Waals surface area contributed by atoms with Crippen LogP contribution in [0.2, 0.25) is 0 Å². The zero-order valence-corrected chi connectivity index (χ0v) is 7.19. The number of furan rings is 1. The van der Waals surface area contributed by atoms with E-state index in [1.807, 2.05) is 18.2 Å². The van der Waals surface area contributed by atoms with Crippen LogP contribution in [0.25, 0.3) is 0 Å². The van der Waals surface area contributed by atoms with Gasteiger partial charge in [0, 0.05) is 5.56 Å². The number of rotatable bonds is 2. The van der Waals surface area contributed by atoms with Gasteiger partial charge in [-0.2, -0.15) is 0 Å². The summed E-state index contributed by atoms with van der Waals surface area (Å²) in [5.41, 5.74) is 3.63. The Hall–Kier alpha value is -1.66. The van der Waals surface area contributed by atoms with Crippen LogP contribution in [0.3, 0.4) is 0 Å². The van der Waals surface area contributed by atoms with Gasteiger partial charge in [0.15, 0.2) is 0 Å². The highest BCUT2D eigenvalue weighted by Crippen LogP contribution is 2.31. The van der Waals surface area contributed by atoms with Crippen molar-refractivity contribution in [2.45, 2.75) is 5.41 Å². The van der Waals surface area contributed by atoms with Gasteiger partial charge in [0.05, 0.1) is 24.2 Å². The third-order valence-corrected chi connectivity index (χ3v) is 2.20. The topological polar surface area (TPSA) is 22.4 Å². The Kier molecular flexibility index (Phi) is 1.84. The lowest BCUT2D eigenvalue weighted by atomic mass is 9.84. The minimum Gasteiger partial charge on any atom is -0.500 e. The average molecular weight is 174 g/mol. The Labute approximate surface area is 76.8 Å². The van der Waals surface area contributed by atoms with Gasteiger partial charge in [-0.1, -0.05) is 6.58 Å². The summed E-state index contributed by atoms with van der Waals surface area (Å²) in [6.45, 7) is 4.17. The third-order valence-electron chi connectivity index (χ3n) is 2.20. The Morgan fingerprint density at radius 3 is 3.08 bits per heavy atom. The Morgan fingerprint density at radius 2 is 2.54 bits per heavy atom. The quantitative estimate of drug-likeness (QED) is 0.642. The van der Waals surface area contributed by atoms with E-state index in [-0.39, 0.29) is 5.41 Å². The predicted molar refractivity (Wildman–Crippen MR) is 49.2 cm³/mol. The third kappa shape index (κ3) is 1.21. The van der Waals surface area contributed by atoms with Gasteiger partial charge < -0.3 is 9.15 Å². The van der Waals surface area contributed by atoms with Gasteiger partial charge in [-0.15, -0.1) is 5.73 Å². The molecular weight excluding hydrogens is 164 g/mol. The van der Waals surface area contributed by atoms with Crippen LogP contribution >= 0.6 is 0 Å². The average Bonchev–Trinajstić information content (AvgIpc) is 2.73. The van der Waals surface area contributed by atoms with Crippen molar-refractivity contribution in [1.29, 1.82) is 0 Å². The van der Waals surface area contributed by atoms with Crippen molar-refractivity contribution in [1.82, 2.24) is 0 Å². The van der Waals surface area contributed by atoms with Crippen molar-refractivity contribution >= 4 is 0 Å². The first-order chi connectivity index (χ1) is 6.37. The number of hydrogen-bond acceptors (Lipinski definition) is 2. The first kappa shape index (κ1) is 7.96. The molecule has 0 spiro atoms. The zero-order valence-electron chi connectivity index (χ0n) is 7.19. The van der Waals surface area contributed by atoms with Crippen LogP contribution in [0.4, 0.5) is 0 Å². The summed E-state index contributed by atoms with van der Waals surface area (Å²) < 4.78 is 10.3. The summed E-state index contributed by atoms with van der Waals surface area (Å²) in [6.07, 6.45) is 8.94. The molecule has 2 rings (SSSR count). The molecule has 0 N–H and O–H groups in total. The van der Waals surface area contributed by atoms with Gasteiger partial charge in [-0.05, 0) is 18.2 Å². The second-order valence-corrected chi connectivity index (χ2v) is 3.01. The highest BCUT2D eigenvalue weighted by atomic mass is 16.5. The van der Waals surface area contributed by atoms with E-state index < -0.39 is 0 Å². The molecule has 0 saturated carbocycles. The summed E-state index contributed by atoms with van der Waals surface area (Å²) in [5, 5.41) is 0. The molecule has 1 aromatic rings. The van der Waals surface area contributed by atoms with Crippen LogP contribution in [-0.2, 0) is 10.2 Å².